The zero-order chi connectivity index (χ0) is 14.3. The molecule has 1 aliphatic heterocycles. The lowest BCUT2D eigenvalue weighted by molar-refractivity contribution is 0.0924. The third-order valence-electron chi connectivity index (χ3n) is 5.01. The van der Waals surface area contributed by atoms with Crippen LogP contribution in [0.3, 0.4) is 0 Å². The highest BCUT2D eigenvalue weighted by molar-refractivity contribution is 5.95. The summed E-state index contributed by atoms with van der Waals surface area (Å²) in [6.45, 7) is 2.98. The summed E-state index contributed by atoms with van der Waals surface area (Å²) in [4.78, 5) is 16.2. The third kappa shape index (κ3) is 2.71. The molecule has 1 aliphatic carbocycles. The molecule has 2 N–H and O–H groups in total. The number of amides is 1. The van der Waals surface area contributed by atoms with Gasteiger partial charge in [0.2, 0.25) is 0 Å². The molecule has 22 heavy (non-hydrogen) atoms. The molecule has 2 aromatic rings. The first kappa shape index (κ1) is 15.3. The fourth-order valence-corrected chi connectivity index (χ4v) is 3.56. The maximum atomic E-state index is 12.2. The molecule has 118 valence electrons. The zero-order valence-electron chi connectivity index (χ0n) is 12.3. The number of aromatic nitrogens is 1. The summed E-state index contributed by atoms with van der Waals surface area (Å²) in [7, 11) is 0. The minimum absolute atomic E-state index is 0. The second-order valence-corrected chi connectivity index (χ2v) is 6.25. The van der Waals surface area contributed by atoms with E-state index in [0.717, 1.165) is 25.0 Å². The molecule has 2 aromatic heterocycles. The number of pyridine rings is 1. The van der Waals surface area contributed by atoms with Crippen molar-refractivity contribution in [2.24, 2.45) is 11.3 Å². The predicted octanol–water partition coefficient (Wildman–Crippen LogP) is 2.37. The normalized spacial score (nSPS) is 22.3. The summed E-state index contributed by atoms with van der Waals surface area (Å²) in [5.74, 6) is 0.884. The molecule has 0 aromatic carbocycles. The summed E-state index contributed by atoms with van der Waals surface area (Å²) in [5.41, 5.74) is 1.15. The van der Waals surface area contributed by atoms with Crippen LogP contribution >= 0.6 is 12.4 Å². The van der Waals surface area contributed by atoms with Crippen molar-refractivity contribution in [3.05, 3.63) is 30.3 Å². The van der Waals surface area contributed by atoms with Crippen LogP contribution in [0.2, 0.25) is 0 Å². The highest BCUT2D eigenvalue weighted by Crippen LogP contribution is 2.58. The zero-order valence-corrected chi connectivity index (χ0v) is 13.1. The first-order valence-electron chi connectivity index (χ1n) is 7.59. The van der Waals surface area contributed by atoms with Crippen molar-refractivity contribution < 1.29 is 9.21 Å². The SMILES string of the molecule is Cl.O=C(NCC1CC12CCNCC2)c1cc2ccncc2o1. The molecule has 1 spiro atoms. The Morgan fingerprint density at radius 3 is 3.05 bits per heavy atom. The van der Waals surface area contributed by atoms with E-state index >= 15 is 0 Å². The molecular formula is C16H20ClN3O2. The highest BCUT2D eigenvalue weighted by Gasteiger charge is 2.53. The van der Waals surface area contributed by atoms with E-state index in [4.69, 9.17) is 4.42 Å². The molecule has 0 radical (unpaired) electrons. The molecule has 1 saturated carbocycles. The first-order chi connectivity index (χ1) is 10.3. The maximum Gasteiger partial charge on any atom is 0.287 e. The number of piperidine rings is 1. The predicted molar refractivity (Wildman–Crippen MR) is 86.2 cm³/mol. The molecule has 0 bridgehead atoms. The number of carbonyl (C=O) groups excluding carboxylic acids is 1. The Bertz CT molecular complexity index is 646. The fraction of sp³-hybridized carbons (Fsp3) is 0.500. The van der Waals surface area contributed by atoms with E-state index < -0.39 is 0 Å². The summed E-state index contributed by atoms with van der Waals surface area (Å²) < 4.78 is 5.53. The second-order valence-electron chi connectivity index (χ2n) is 6.25. The van der Waals surface area contributed by atoms with E-state index in [0.29, 0.717) is 22.7 Å². The van der Waals surface area contributed by atoms with Gasteiger partial charge in [-0.15, -0.1) is 12.4 Å². The molecular weight excluding hydrogens is 302 g/mol. The van der Waals surface area contributed by atoms with Gasteiger partial charge in [0.15, 0.2) is 11.3 Å². The van der Waals surface area contributed by atoms with E-state index in [1.54, 1.807) is 18.5 Å². The topological polar surface area (TPSA) is 67.2 Å². The van der Waals surface area contributed by atoms with Crippen LogP contribution < -0.4 is 10.6 Å². The number of rotatable bonds is 3. The van der Waals surface area contributed by atoms with Crippen LogP contribution in [0.15, 0.2) is 28.9 Å². The van der Waals surface area contributed by atoms with Gasteiger partial charge in [0, 0.05) is 18.1 Å². The van der Waals surface area contributed by atoms with Gasteiger partial charge in [-0.25, -0.2) is 0 Å². The minimum Gasteiger partial charge on any atom is -0.449 e. The van der Waals surface area contributed by atoms with E-state index in [2.05, 4.69) is 15.6 Å². The smallest absolute Gasteiger partial charge is 0.287 e. The largest absolute Gasteiger partial charge is 0.449 e. The molecule has 1 atom stereocenters. The molecule has 2 fully saturated rings. The van der Waals surface area contributed by atoms with Crippen LogP contribution in [0.1, 0.15) is 29.8 Å². The van der Waals surface area contributed by atoms with Crippen molar-refractivity contribution >= 4 is 29.3 Å². The van der Waals surface area contributed by atoms with Gasteiger partial charge in [0.1, 0.15) is 0 Å². The average Bonchev–Trinajstić information content (AvgIpc) is 2.99. The molecule has 6 heteroatoms. The number of hydrogen-bond acceptors (Lipinski definition) is 4. The number of furan rings is 1. The van der Waals surface area contributed by atoms with Crippen LogP contribution in [0.25, 0.3) is 11.0 Å². The van der Waals surface area contributed by atoms with Gasteiger partial charge in [-0.3, -0.25) is 9.78 Å². The highest BCUT2D eigenvalue weighted by atomic mass is 35.5. The Balaban J connectivity index is 0.00000144. The van der Waals surface area contributed by atoms with E-state index in [1.807, 2.05) is 6.07 Å². The number of hydrogen-bond donors (Lipinski definition) is 2. The minimum atomic E-state index is -0.123. The van der Waals surface area contributed by atoms with Crippen LogP contribution in [0.4, 0.5) is 0 Å². The van der Waals surface area contributed by atoms with E-state index in [9.17, 15) is 4.79 Å². The van der Waals surface area contributed by atoms with Gasteiger partial charge in [-0.2, -0.15) is 0 Å². The summed E-state index contributed by atoms with van der Waals surface area (Å²) in [6, 6.07) is 3.63. The summed E-state index contributed by atoms with van der Waals surface area (Å²) >= 11 is 0. The Labute approximate surface area is 135 Å². The molecule has 3 heterocycles. The first-order valence-corrected chi connectivity index (χ1v) is 7.59. The van der Waals surface area contributed by atoms with E-state index in [1.165, 1.54) is 19.3 Å². The van der Waals surface area contributed by atoms with Crippen molar-refractivity contribution in [1.29, 1.82) is 0 Å². The van der Waals surface area contributed by atoms with Gasteiger partial charge in [0.05, 0.1) is 6.20 Å². The fourth-order valence-electron chi connectivity index (χ4n) is 3.56. The van der Waals surface area contributed by atoms with Gasteiger partial charge < -0.3 is 15.1 Å². The quantitative estimate of drug-likeness (QED) is 0.910. The lowest BCUT2D eigenvalue weighted by atomic mass is 9.92. The van der Waals surface area contributed by atoms with Crippen molar-refractivity contribution in [1.82, 2.24) is 15.6 Å². The van der Waals surface area contributed by atoms with Crippen molar-refractivity contribution in [2.75, 3.05) is 19.6 Å². The van der Waals surface area contributed by atoms with Gasteiger partial charge in [-0.1, -0.05) is 0 Å². The molecule has 2 aliphatic rings. The van der Waals surface area contributed by atoms with Gasteiger partial charge in [-0.05, 0) is 55.8 Å². The third-order valence-corrected chi connectivity index (χ3v) is 5.01. The molecule has 5 nitrogen and oxygen atoms in total. The Hall–Kier alpha value is -1.59. The molecule has 4 rings (SSSR count). The Kier molecular flexibility index (Phi) is 4.10. The van der Waals surface area contributed by atoms with E-state index in [-0.39, 0.29) is 18.3 Å². The summed E-state index contributed by atoms with van der Waals surface area (Å²) in [5, 5.41) is 7.33. The van der Waals surface area contributed by atoms with Crippen LogP contribution in [0, 0.1) is 11.3 Å². The van der Waals surface area contributed by atoms with Crippen LogP contribution in [-0.4, -0.2) is 30.5 Å². The monoisotopic (exact) mass is 321 g/mol. The number of nitrogens with one attached hydrogen (secondary N) is 2. The standard InChI is InChI=1S/C16H19N3O2.ClH/c20-15(13-7-11-1-4-18-10-14(11)21-13)19-9-12-8-16(12)2-5-17-6-3-16;/h1,4,7,10,12,17H,2-3,5-6,8-9H2,(H,19,20);1H. The summed E-state index contributed by atoms with van der Waals surface area (Å²) in [6.07, 6.45) is 7.06. The van der Waals surface area contributed by atoms with Crippen LogP contribution in [0.5, 0.6) is 0 Å². The number of halogens is 1. The van der Waals surface area contributed by atoms with Crippen molar-refractivity contribution in [2.45, 2.75) is 19.3 Å². The van der Waals surface area contributed by atoms with Crippen LogP contribution in [-0.2, 0) is 0 Å². The maximum absolute atomic E-state index is 12.2. The lowest BCUT2D eigenvalue weighted by Crippen LogP contribution is -2.32. The number of nitrogens with zero attached hydrogens (tertiary/aromatic N) is 1. The number of carbonyl (C=O) groups is 1. The second kappa shape index (κ2) is 5.89. The Morgan fingerprint density at radius 2 is 2.27 bits per heavy atom. The lowest BCUT2D eigenvalue weighted by Gasteiger charge is -2.23. The van der Waals surface area contributed by atoms with Gasteiger partial charge >= 0.3 is 0 Å². The Morgan fingerprint density at radius 1 is 1.45 bits per heavy atom. The molecule has 1 amide bonds. The van der Waals surface area contributed by atoms with Crippen molar-refractivity contribution in [3.63, 3.8) is 0 Å². The average molecular weight is 322 g/mol. The number of fused-ring (bicyclic) bond motifs is 1. The van der Waals surface area contributed by atoms with Crippen molar-refractivity contribution in [3.8, 4) is 0 Å². The van der Waals surface area contributed by atoms with Gasteiger partial charge in [0.25, 0.3) is 5.91 Å². The molecule has 1 saturated heterocycles. The molecule has 1 unspecified atom stereocenters.